The number of benzene rings is 1. The quantitative estimate of drug-likeness (QED) is 0.815. The second-order valence-electron chi connectivity index (χ2n) is 9.35. The van der Waals surface area contributed by atoms with Crippen LogP contribution in [0.2, 0.25) is 0 Å². The van der Waals surface area contributed by atoms with E-state index in [1.165, 1.54) is 0 Å². The van der Waals surface area contributed by atoms with Gasteiger partial charge in [-0.2, -0.15) is 0 Å². The van der Waals surface area contributed by atoms with Crippen molar-refractivity contribution in [3.63, 3.8) is 0 Å². The zero-order valence-electron chi connectivity index (χ0n) is 17.6. The Balaban J connectivity index is 1.59. The highest BCUT2D eigenvalue weighted by Gasteiger charge is 2.45. The maximum Gasteiger partial charge on any atom is 0.239 e. The normalized spacial score (nSPS) is 26.4. The van der Waals surface area contributed by atoms with E-state index in [2.05, 4.69) is 48.3 Å². The van der Waals surface area contributed by atoms with Crippen LogP contribution in [-0.4, -0.2) is 66.4 Å². The molecule has 2 saturated heterocycles. The second kappa shape index (κ2) is 8.62. The van der Waals surface area contributed by atoms with Crippen molar-refractivity contribution in [1.82, 2.24) is 15.1 Å². The smallest absolute Gasteiger partial charge is 0.239 e. The Morgan fingerprint density at radius 1 is 1.25 bits per heavy atom. The Labute approximate surface area is 168 Å². The fourth-order valence-electron chi connectivity index (χ4n) is 4.48. The zero-order chi connectivity index (χ0) is 20.3. The number of hydrogen-bond donors (Lipinski definition) is 2. The lowest BCUT2D eigenvalue weighted by Crippen LogP contribution is -2.51. The predicted molar refractivity (Wildman–Crippen MR) is 112 cm³/mol. The summed E-state index contributed by atoms with van der Waals surface area (Å²) in [7, 11) is 2.11. The van der Waals surface area contributed by atoms with Crippen molar-refractivity contribution in [2.75, 3.05) is 32.0 Å². The van der Waals surface area contributed by atoms with E-state index in [0.717, 1.165) is 31.6 Å². The summed E-state index contributed by atoms with van der Waals surface area (Å²) in [6, 6.07) is 9.84. The number of hydrogen-bond acceptors (Lipinski definition) is 4. The minimum absolute atomic E-state index is 0.0208. The molecule has 2 N–H and O–H groups in total. The number of anilines is 1. The maximum absolute atomic E-state index is 12.8. The molecule has 0 spiro atoms. The van der Waals surface area contributed by atoms with Gasteiger partial charge in [0.2, 0.25) is 11.8 Å². The van der Waals surface area contributed by atoms with Gasteiger partial charge in [0.25, 0.3) is 0 Å². The summed E-state index contributed by atoms with van der Waals surface area (Å²) in [5, 5.41) is 6.08. The van der Waals surface area contributed by atoms with E-state index in [1.807, 2.05) is 30.3 Å². The first-order valence-corrected chi connectivity index (χ1v) is 10.3. The molecular weight excluding hydrogens is 352 g/mol. The van der Waals surface area contributed by atoms with Gasteiger partial charge in [0, 0.05) is 43.8 Å². The minimum atomic E-state index is -0.0904. The first-order valence-electron chi connectivity index (χ1n) is 10.3. The summed E-state index contributed by atoms with van der Waals surface area (Å²) < 4.78 is 0. The van der Waals surface area contributed by atoms with Crippen LogP contribution in [0.25, 0.3) is 0 Å². The van der Waals surface area contributed by atoms with Crippen LogP contribution < -0.4 is 10.6 Å². The molecule has 28 heavy (non-hydrogen) atoms. The van der Waals surface area contributed by atoms with Gasteiger partial charge in [-0.05, 0) is 37.4 Å². The van der Waals surface area contributed by atoms with Crippen molar-refractivity contribution < 1.29 is 9.59 Å². The SMILES string of the molecule is CN1[C@@H](CCC(=O)Nc2ccccc2)CNC(=O)[C@@H]2[C@@H]1CCN2CC(C)(C)C. The molecule has 0 bridgehead atoms. The largest absolute Gasteiger partial charge is 0.353 e. The Kier molecular flexibility index (Phi) is 6.40. The van der Waals surface area contributed by atoms with Crippen LogP contribution in [-0.2, 0) is 9.59 Å². The number of carbonyl (C=O) groups is 2. The number of rotatable bonds is 5. The fraction of sp³-hybridized carbons (Fsp3) is 0.636. The van der Waals surface area contributed by atoms with Crippen molar-refractivity contribution in [2.45, 2.75) is 58.2 Å². The topological polar surface area (TPSA) is 64.7 Å². The molecule has 0 unspecified atom stereocenters. The number of nitrogens with zero attached hydrogens (tertiary/aromatic N) is 2. The first-order chi connectivity index (χ1) is 13.2. The van der Waals surface area contributed by atoms with Gasteiger partial charge < -0.3 is 10.6 Å². The number of likely N-dealkylation sites (tertiary alicyclic amines) is 1. The molecule has 2 heterocycles. The Morgan fingerprint density at radius 3 is 2.64 bits per heavy atom. The lowest BCUT2D eigenvalue weighted by atomic mass is 9.95. The van der Waals surface area contributed by atoms with Gasteiger partial charge >= 0.3 is 0 Å². The van der Waals surface area contributed by atoms with Gasteiger partial charge in [-0.15, -0.1) is 0 Å². The molecule has 154 valence electrons. The van der Waals surface area contributed by atoms with E-state index in [1.54, 1.807) is 0 Å². The van der Waals surface area contributed by atoms with E-state index in [0.29, 0.717) is 13.0 Å². The molecule has 2 fully saturated rings. The van der Waals surface area contributed by atoms with E-state index in [4.69, 9.17) is 0 Å². The van der Waals surface area contributed by atoms with Gasteiger partial charge in [0.05, 0.1) is 0 Å². The Hall–Kier alpha value is -1.92. The molecule has 3 atom stereocenters. The van der Waals surface area contributed by atoms with Gasteiger partial charge in [-0.25, -0.2) is 0 Å². The highest BCUT2D eigenvalue weighted by molar-refractivity contribution is 5.90. The summed E-state index contributed by atoms with van der Waals surface area (Å²) >= 11 is 0. The molecule has 0 aromatic heterocycles. The highest BCUT2D eigenvalue weighted by atomic mass is 16.2. The summed E-state index contributed by atoms with van der Waals surface area (Å²) in [6.07, 6.45) is 2.18. The Bertz CT molecular complexity index is 686. The minimum Gasteiger partial charge on any atom is -0.353 e. The fourth-order valence-corrected chi connectivity index (χ4v) is 4.48. The predicted octanol–water partition coefficient (Wildman–Crippen LogP) is 2.32. The molecule has 6 nitrogen and oxygen atoms in total. The molecule has 0 radical (unpaired) electrons. The van der Waals surface area contributed by atoms with Gasteiger partial charge in [-0.1, -0.05) is 39.0 Å². The molecule has 2 amide bonds. The first kappa shape index (κ1) is 20.8. The van der Waals surface area contributed by atoms with Crippen molar-refractivity contribution >= 4 is 17.5 Å². The standard InChI is InChI=1S/C22H34N4O2/c1-22(2,3)15-26-13-12-18-20(26)21(28)23-14-17(25(18)4)10-11-19(27)24-16-8-6-5-7-9-16/h5-9,17-18,20H,10-15H2,1-4H3,(H,23,28)(H,24,27)/t17-,18-,20-/m0/s1. The summed E-state index contributed by atoms with van der Waals surface area (Å²) in [5.41, 5.74) is 0.985. The number of carbonyl (C=O) groups excluding carboxylic acids is 2. The summed E-state index contributed by atoms with van der Waals surface area (Å²) in [6.45, 7) is 9.11. The van der Waals surface area contributed by atoms with Gasteiger partial charge in [-0.3, -0.25) is 19.4 Å². The maximum atomic E-state index is 12.8. The van der Waals surface area contributed by atoms with E-state index < -0.39 is 0 Å². The molecule has 3 rings (SSSR count). The number of amides is 2. The monoisotopic (exact) mass is 386 g/mol. The van der Waals surface area contributed by atoms with Crippen LogP contribution in [0.3, 0.4) is 0 Å². The third-order valence-corrected chi connectivity index (χ3v) is 5.79. The highest BCUT2D eigenvalue weighted by Crippen LogP contribution is 2.30. The van der Waals surface area contributed by atoms with Crippen LogP contribution in [0.15, 0.2) is 30.3 Å². The molecular formula is C22H34N4O2. The molecule has 1 aromatic rings. The van der Waals surface area contributed by atoms with Crippen molar-refractivity contribution in [1.29, 1.82) is 0 Å². The van der Waals surface area contributed by atoms with E-state index in [9.17, 15) is 9.59 Å². The average Bonchev–Trinajstić information content (AvgIpc) is 2.98. The summed E-state index contributed by atoms with van der Waals surface area (Å²) in [4.78, 5) is 29.8. The molecule has 0 aliphatic carbocycles. The molecule has 1 aromatic carbocycles. The number of fused-ring (bicyclic) bond motifs is 1. The third-order valence-electron chi connectivity index (χ3n) is 5.79. The van der Waals surface area contributed by atoms with Crippen molar-refractivity contribution in [2.24, 2.45) is 5.41 Å². The van der Waals surface area contributed by atoms with E-state index in [-0.39, 0.29) is 35.4 Å². The van der Waals surface area contributed by atoms with Crippen LogP contribution in [0.1, 0.15) is 40.0 Å². The summed E-state index contributed by atoms with van der Waals surface area (Å²) in [5.74, 6) is 0.155. The molecule has 6 heteroatoms. The van der Waals surface area contributed by atoms with Crippen molar-refractivity contribution in [3.05, 3.63) is 30.3 Å². The number of nitrogens with one attached hydrogen (secondary N) is 2. The molecule has 0 saturated carbocycles. The van der Waals surface area contributed by atoms with E-state index >= 15 is 0 Å². The lowest BCUT2D eigenvalue weighted by molar-refractivity contribution is -0.126. The molecule has 2 aliphatic heterocycles. The van der Waals surface area contributed by atoms with Crippen LogP contribution in [0, 0.1) is 5.41 Å². The van der Waals surface area contributed by atoms with Crippen LogP contribution in [0.5, 0.6) is 0 Å². The average molecular weight is 387 g/mol. The van der Waals surface area contributed by atoms with Gasteiger partial charge in [0.1, 0.15) is 6.04 Å². The van der Waals surface area contributed by atoms with Gasteiger partial charge in [0.15, 0.2) is 0 Å². The van der Waals surface area contributed by atoms with Crippen LogP contribution in [0.4, 0.5) is 5.69 Å². The van der Waals surface area contributed by atoms with Crippen molar-refractivity contribution in [3.8, 4) is 0 Å². The molecule has 2 aliphatic rings. The second-order valence-corrected chi connectivity index (χ2v) is 9.35. The van der Waals surface area contributed by atoms with Crippen LogP contribution >= 0.6 is 0 Å². The number of likely N-dealkylation sites (N-methyl/N-ethyl adjacent to an activating group) is 1. The zero-order valence-corrected chi connectivity index (χ0v) is 17.6. The Morgan fingerprint density at radius 2 is 1.96 bits per heavy atom. The lowest BCUT2D eigenvalue weighted by Gasteiger charge is -2.34. The number of para-hydroxylation sites is 1. The third kappa shape index (κ3) is 5.11.